The number of rotatable bonds is 5. The number of halogens is 2. The Bertz CT molecular complexity index is 940. The van der Waals surface area contributed by atoms with E-state index in [1.165, 1.54) is 6.21 Å². The van der Waals surface area contributed by atoms with Crippen molar-refractivity contribution in [2.45, 2.75) is 38.6 Å². The van der Waals surface area contributed by atoms with Crippen LogP contribution in [0.5, 0.6) is 0 Å². The number of aryl methyl sites for hydroxylation is 1. The Kier molecular flexibility index (Phi) is 7.12. The van der Waals surface area contributed by atoms with Crippen LogP contribution in [0.2, 0.25) is 10.0 Å². The predicted octanol–water partition coefficient (Wildman–Crippen LogP) is 4.55. The lowest BCUT2D eigenvalue weighted by molar-refractivity contribution is -0.139. The average molecular weight is 433 g/mol. The van der Waals surface area contributed by atoms with E-state index in [0.29, 0.717) is 15.6 Å². The summed E-state index contributed by atoms with van der Waals surface area (Å²) in [6.07, 6.45) is 5.39. The first-order valence-electron chi connectivity index (χ1n) is 9.39. The van der Waals surface area contributed by atoms with Gasteiger partial charge < -0.3 is 10.6 Å². The fourth-order valence-corrected chi connectivity index (χ4v) is 3.51. The maximum Gasteiger partial charge on any atom is 0.329 e. The molecular formula is C21H22Cl2N4O2. The minimum absolute atomic E-state index is 0.0712. The van der Waals surface area contributed by atoms with Crippen molar-refractivity contribution in [1.29, 1.82) is 0 Å². The molecule has 152 valence electrons. The van der Waals surface area contributed by atoms with Crippen LogP contribution < -0.4 is 16.1 Å². The summed E-state index contributed by atoms with van der Waals surface area (Å²) < 4.78 is 0. The molecule has 0 aliphatic heterocycles. The molecule has 6 nitrogen and oxygen atoms in total. The Labute approximate surface area is 179 Å². The molecule has 29 heavy (non-hydrogen) atoms. The first-order chi connectivity index (χ1) is 13.9. The molecular weight excluding hydrogens is 411 g/mol. The lowest BCUT2D eigenvalue weighted by Gasteiger charge is -2.13. The van der Waals surface area contributed by atoms with Gasteiger partial charge in [0, 0.05) is 33.0 Å². The second-order valence-electron chi connectivity index (χ2n) is 6.97. The van der Waals surface area contributed by atoms with Crippen molar-refractivity contribution in [3.05, 3.63) is 57.6 Å². The molecule has 0 atom stereocenters. The van der Waals surface area contributed by atoms with Crippen LogP contribution in [0.4, 0.5) is 11.4 Å². The molecule has 8 heteroatoms. The minimum atomic E-state index is -0.796. The van der Waals surface area contributed by atoms with Gasteiger partial charge in [-0.2, -0.15) is 5.10 Å². The van der Waals surface area contributed by atoms with Gasteiger partial charge in [-0.3, -0.25) is 9.59 Å². The molecule has 0 spiro atoms. The summed E-state index contributed by atoms with van der Waals surface area (Å²) >= 11 is 12.2. The van der Waals surface area contributed by atoms with Crippen LogP contribution in [0.1, 0.15) is 36.8 Å². The quantitative estimate of drug-likeness (QED) is 0.368. The first kappa shape index (κ1) is 21.1. The number of hydrogen-bond donors (Lipinski definition) is 3. The third-order valence-corrected chi connectivity index (χ3v) is 5.22. The largest absolute Gasteiger partial charge is 0.355 e. The lowest BCUT2D eigenvalue weighted by Crippen LogP contribution is -2.42. The normalized spacial score (nSPS) is 14.2. The first-order valence-corrected chi connectivity index (χ1v) is 10.1. The molecule has 3 N–H and O–H groups in total. The van der Waals surface area contributed by atoms with E-state index < -0.39 is 11.8 Å². The Hall–Kier alpha value is -2.57. The van der Waals surface area contributed by atoms with Crippen LogP contribution >= 0.6 is 23.2 Å². The topological polar surface area (TPSA) is 82.6 Å². The molecule has 0 saturated heterocycles. The van der Waals surface area contributed by atoms with Gasteiger partial charge in [-0.05, 0) is 55.7 Å². The van der Waals surface area contributed by atoms with Crippen LogP contribution in [0.3, 0.4) is 0 Å². The van der Waals surface area contributed by atoms with E-state index in [4.69, 9.17) is 23.2 Å². The van der Waals surface area contributed by atoms with Gasteiger partial charge in [0.1, 0.15) is 0 Å². The summed E-state index contributed by atoms with van der Waals surface area (Å²) in [7, 11) is 0. The SMILES string of the molecule is Cc1ccc(Cl)cc1Nc1ccc(Cl)cc1/C=N\NC(=O)C(=O)NC1CCCC1. The molecule has 1 saturated carbocycles. The maximum absolute atomic E-state index is 12.0. The molecule has 0 aromatic heterocycles. The second kappa shape index (κ2) is 9.76. The number of nitrogens with one attached hydrogen (secondary N) is 3. The van der Waals surface area contributed by atoms with Crippen LogP contribution in [0.15, 0.2) is 41.5 Å². The number of amides is 2. The number of anilines is 2. The predicted molar refractivity (Wildman–Crippen MR) is 117 cm³/mol. The second-order valence-corrected chi connectivity index (χ2v) is 7.84. The van der Waals surface area contributed by atoms with Crippen LogP contribution in [-0.2, 0) is 9.59 Å². The van der Waals surface area contributed by atoms with Crippen LogP contribution in [-0.4, -0.2) is 24.1 Å². The zero-order valence-electron chi connectivity index (χ0n) is 16.0. The molecule has 0 bridgehead atoms. The number of nitrogens with zero attached hydrogens (tertiary/aromatic N) is 1. The fraction of sp³-hybridized carbons (Fsp3) is 0.286. The number of hydrazone groups is 1. The van der Waals surface area contributed by atoms with Gasteiger partial charge >= 0.3 is 11.8 Å². The molecule has 2 amide bonds. The summed E-state index contributed by atoms with van der Waals surface area (Å²) in [4.78, 5) is 23.9. The Morgan fingerprint density at radius 1 is 1.00 bits per heavy atom. The summed E-state index contributed by atoms with van der Waals surface area (Å²) in [6, 6.07) is 10.9. The van der Waals surface area contributed by atoms with Crippen molar-refractivity contribution in [1.82, 2.24) is 10.7 Å². The minimum Gasteiger partial charge on any atom is -0.355 e. The van der Waals surface area contributed by atoms with E-state index in [9.17, 15) is 9.59 Å². The number of carbonyl (C=O) groups is 2. The lowest BCUT2D eigenvalue weighted by atomic mass is 10.1. The van der Waals surface area contributed by atoms with E-state index in [1.807, 2.05) is 25.1 Å². The number of benzene rings is 2. The zero-order valence-corrected chi connectivity index (χ0v) is 17.5. The summed E-state index contributed by atoms with van der Waals surface area (Å²) in [6.45, 7) is 1.96. The third kappa shape index (κ3) is 5.95. The molecule has 1 aliphatic rings. The number of carbonyl (C=O) groups excluding carboxylic acids is 2. The van der Waals surface area contributed by atoms with E-state index in [0.717, 1.165) is 42.6 Å². The number of hydrogen-bond acceptors (Lipinski definition) is 4. The molecule has 2 aromatic carbocycles. The van der Waals surface area contributed by atoms with Gasteiger partial charge in [-0.15, -0.1) is 0 Å². The van der Waals surface area contributed by atoms with Gasteiger partial charge in [-0.25, -0.2) is 5.43 Å². The molecule has 1 fully saturated rings. The van der Waals surface area contributed by atoms with Gasteiger partial charge in [0.25, 0.3) is 0 Å². The van der Waals surface area contributed by atoms with E-state index in [1.54, 1.807) is 18.2 Å². The van der Waals surface area contributed by atoms with Gasteiger partial charge in [-0.1, -0.05) is 42.1 Å². The molecule has 1 aliphatic carbocycles. The van der Waals surface area contributed by atoms with Crippen molar-refractivity contribution in [2.24, 2.45) is 5.10 Å². The molecule has 2 aromatic rings. The van der Waals surface area contributed by atoms with E-state index in [2.05, 4.69) is 21.2 Å². The molecule has 0 unspecified atom stereocenters. The van der Waals surface area contributed by atoms with Crippen molar-refractivity contribution >= 4 is 52.6 Å². The smallest absolute Gasteiger partial charge is 0.329 e. The summed E-state index contributed by atoms with van der Waals surface area (Å²) in [5.41, 5.74) is 5.50. The average Bonchev–Trinajstić information content (AvgIpc) is 3.19. The Morgan fingerprint density at radius 2 is 1.69 bits per heavy atom. The van der Waals surface area contributed by atoms with E-state index >= 15 is 0 Å². The van der Waals surface area contributed by atoms with E-state index in [-0.39, 0.29) is 6.04 Å². The van der Waals surface area contributed by atoms with Crippen LogP contribution in [0, 0.1) is 6.92 Å². The highest BCUT2D eigenvalue weighted by atomic mass is 35.5. The molecule has 0 heterocycles. The van der Waals surface area contributed by atoms with Gasteiger partial charge in [0.05, 0.1) is 6.21 Å². The summed E-state index contributed by atoms with van der Waals surface area (Å²) in [5, 5.41) is 11.1. The van der Waals surface area contributed by atoms with Crippen molar-refractivity contribution in [3.8, 4) is 0 Å². The zero-order chi connectivity index (χ0) is 20.8. The Morgan fingerprint density at radius 3 is 2.45 bits per heavy atom. The Balaban J connectivity index is 1.68. The fourth-order valence-electron chi connectivity index (χ4n) is 3.16. The summed E-state index contributed by atoms with van der Waals surface area (Å²) in [5.74, 6) is -1.47. The third-order valence-electron chi connectivity index (χ3n) is 4.75. The van der Waals surface area contributed by atoms with Crippen molar-refractivity contribution in [2.75, 3.05) is 5.32 Å². The molecule has 0 radical (unpaired) electrons. The maximum atomic E-state index is 12.0. The highest BCUT2D eigenvalue weighted by Gasteiger charge is 2.21. The highest BCUT2D eigenvalue weighted by molar-refractivity contribution is 6.35. The van der Waals surface area contributed by atoms with Gasteiger partial charge in [0.15, 0.2) is 0 Å². The van der Waals surface area contributed by atoms with Gasteiger partial charge in [0.2, 0.25) is 0 Å². The van der Waals surface area contributed by atoms with Crippen molar-refractivity contribution < 1.29 is 9.59 Å². The van der Waals surface area contributed by atoms with Crippen molar-refractivity contribution in [3.63, 3.8) is 0 Å². The standard InChI is InChI=1S/C21H22Cl2N4O2/c1-13-6-7-16(23)11-19(13)26-18-9-8-15(22)10-14(18)12-24-27-21(29)20(28)25-17-4-2-3-5-17/h6-12,17,26H,2-5H2,1H3,(H,25,28)(H,27,29)/b24-12-. The highest BCUT2D eigenvalue weighted by Crippen LogP contribution is 2.27. The van der Waals surface area contributed by atoms with Crippen LogP contribution in [0.25, 0.3) is 0 Å². The molecule has 3 rings (SSSR count). The monoisotopic (exact) mass is 432 g/mol.